The van der Waals surface area contributed by atoms with Crippen LogP contribution >= 0.6 is 0 Å². The minimum absolute atomic E-state index is 0.0157. The van der Waals surface area contributed by atoms with Crippen molar-refractivity contribution in [1.82, 2.24) is 14.7 Å². The minimum atomic E-state index is -4.20. The molecule has 0 saturated heterocycles. The van der Waals surface area contributed by atoms with Gasteiger partial charge in [-0.05, 0) is 117 Å². The van der Waals surface area contributed by atoms with Crippen LogP contribution in [0.5, 0.6) is 6.01 Å². The van der Waals surface area contributed by atoms with Crippen molar-refractivity contribution in [3.05, 3.63) is 12.4 Å². The lowest BCUT2D eigenvalue weighted by Gasteiger charge is -2.64. The highest BCUT2D eigenvalue weighted by Crippen LogP contribution is 2.69. The van der Waals surface area contributed by atoms with E-state index in [1.807, 2.05) is 11.6 Å². The molecule has 0 radical (unpaired) electrons. The van der Waals surface area contributed by atoms with Gasteiger partial charge in [-0.3, -0.25) is 0 Å². The number of carbonyl (C=O) groups is 1. The van der Waals surface area contributed by atoms with E-state index in [9.17, 15) is 23.4 Å². The number of aliphatic hydroxyl groups excluding tert-OH is 2. The average Bonchev–Trinajstić information content (AvgIpc) is 3.58. The van der Waals surface area contributed by atoms with Gasteiger partial charge < -0.3 is 19.7 Å². The molecule has 44 heavy (non-hydrogen) atoms. The molecule has 5 aliphatic carbocycles. The Bertz CT molecular complexity index is 1340. The molecule has 1 amide bonds. The van der Waals surface area contributed by atoms with Crippen molar-refractivity contribution in [2.45, 2.75) is 122 Å². The summed E-state index contributed by atoms with van der Waals surface area (Å²) < 4.78 is 38.7. The fraction of sp³-hybridized carbons (Fsp3) is 0.848. The number of nitrogens with zero attached hydrogens (tertiary/aromatic N) is 2. The third-order valence-electron chi connectivity index (χ3n) is 13.1. The quantitative estimate of drug-likeness (QED) is 0.356. The molecule has 1 aromatic heterocycles. The standard InChI is InChI=1S/C33H51N3O7S/c1-6-22-26-15-20(37)9-11-33(26,5)25-10-12-32(4)23(7-8-24(32)27(25)28(22)38)19(2)18-42-30(39)36-44(40,41)21-16-34-29(35-17-21)43-31(3)13-14-31/h16-17,19-20,22-28,37-38H,6-15,18H2,1-5H3,(H,36,39)/t19-,20-,22-,23-,24+,25+,26+,27+,28-,32-,33-/m1/s1. The van der Waals surface area contributed by atoms with Gasteiger partial charge in [0.25, 0.3) is 10.0 Å². The first-order chi connectivity index (χ1) is 20.7. The van der Waals surface area contributed by atoms with Crippen molar-refractivity contribution in [3.63, 3.8) is 0 Å². The highest BCUT2D eigenvalue weighted by molar-refractivity contribution is 7.90. The van der Waals surface area contributed by atoms with Crippen LogP contribution in [0.25, 0.3) is 0 Å². The monoisotopic (exact) mass is 633 g/mol. The van der Waals surface area contributed by atoms with Crippen LogP contribution in [0.1, 0.15) is 98.8 Å². The van der Waals surface area contributed by atoms with Crippen LogP contribution < -0.4 is 9.46 Å². The zero-order valence-electron chi connectivity index (χ0n) is 26.9. The second kappa shape index (κ2) is 11.4. The maximum Gasteiger partial charge on any atom is 0.421 e. The van der Waals surface area contributed by atoms with Crippen LogP contribution in [0.15, 0.2) is 17.3 Å². The van der Waals surface area contributed by atoms with E-state index in [1.165, 1.54) is 0 Å². The molecule has 246 valence electrons. The summed E-state index contributed by atoms with van der Waals surface area (Å²) in [4.78, 5) is 20.4. The molecule has 11 atom stereocenters. The smallest absolute Gasteiger partial charge is 0.421 e. The zero-order valence-corrected chi connectivity index (χ0v) is 27.7. The first-order valence-corrected chi connectivity index (χ1v) is 18.3. The molecule has 1 aromatic rings. The van der Waals surface area contributed by atoms with Gasteiger partial charge in [0.15, 0.2) is 0 Å². The topological polar surface area (TPSA) is 148 Å². The molecular weight excluding hydrogens is 582 g/mol. The lowest BCUT2D eigenvalue weighted by Crippen LogP contribution is -2.62. The zero-order chi connectivity index (χ0) is 31.7. The lowest BCUT2D eigenvalue weighted by molar-refractivity contribution is -0.203. The van der Waals surface area contributed by atoms with E-state index in [1.54, 1.807) is 0 Å². The van der Waals surface area contributed by atoms with E-state index in [4.69, 9.17) is 9.47 Å². The van der Waals surface area contributed by atoms with Crippen LogP contribution in [0.3, 0.4) is 0 Å². The predicted molar refractivity (Wildman–Crippen MR) is 163 cm³/mol. The van der Waals surface area contributed by atoms with Gasteiger partial charge in [0.05, 0.1) is 31.2 Å². The Kier molecular flexibility index (Phi) is 8.26. The summed E-state index contributed by atoms with van der Waals surface area (Å²) in [5.74, 6) is 2.00. The number of fused-ring (bicyclic) bond motifs is 5. The van der Waals surface area contributed by atoms with Crippen molar-refractivity contribution in [2.24, 2.45) is 52.3 Å². The molecule has 3 N–H and O–H groups in total. The normalized spacial score (nSPS) is 41.4. The number of ether oxygens (including phenoxy) is 2. The van der Waals surface area contributed by atoms with Crippen molar-refractivity contribution < 1.29 is 32.9 Å². The van der Waals surface area contributed by atoms with Crippen LogP contribution in [0.2, 0.25) is 0 Å². The predicted octanol–water partition coefficient (Wildman–Crippen LogP) is 5.09. The minimum Gasteiger partial charge on any atom is -0.457 e. The molecular formula is C33H51N3O7S. The van der Waals surface area contributed by atoms with Crippen LogP contribution in [0.4, 0.5) is 4.79 Å². The van der Waals surface area contributed by atoms with E-state index in [-0.39, 0.29) is 63.9 Å². The molecule has 0 bridgehead atoms. The maximum absolute atomic E-state index is 12.8. The van der Waals surface area contributed by atoms with E-state index in [2.05, 4.69) is 37.7 Å². The Balaban J connectivity index is 1.08. The molecule has 0 aromatic carbocycles. The number of aromatic nitrogens is 2. The molecule has 10 nitrogen and oxygen atoms in total. The van der Waals surface area contributed by atoms with E-state index < -0.39 is 16.1 Å². The number of amides is 1. The van der Waals surface area contributed by atoms with Gasteiger partial charge in [0, 0.05) is 0 Å². The molecule has 11 heteroatoms. The van der Waals surface area contributed by atoms with Gasteiger partial charge in [0.2, 0.25) is 0 Å². The lowest BCUT2D eigenvalue weighted by atomic mass is 9.41. The van der Waals surface area contributed by atoms with Crippen LogP contribution in [0, 0.1) is 52.3 Å². The van der Waals surface area contributed by atoms with Gasteiger partial charge in [-0.1, -0.05) is 34.1 Å². The summed E-state index contributed by atoms with van der Waals surface area (Å²) in [5, 5.41) is 22.4. The van der Waals surface area contributed by atoms with Gasteiger partial charge in [0.1, 0.15) is 10.5 Å². The number of nitrogens with one attached hydrogen (secondary N) is 1. The Labute approximate surface area is 262 Å². The number of hydrogen-bond acceptors (Lipinski definition) is 9. The Morgan fingerprint density at radius 3 is 2.32 bits per heavy atom. The van der Waals surface area contributed by atoms with Crippen LogP contribution in [-0.4, -0.2) is 59.1 Å². The van der Waals surface area contributed by atoms with Crippen LogP contribution in [-0.2, 0) is 14.8 Å². The van der Waals surface area contributed by atoms with Gasteiger partial charge in [-0.25, -0.2) is 27.9 Å². The molecule has 5 aliphatic rings. The Morgan fingerprint density at radius 2 is 1.66 bits per heavy atom. The second-order valence-corrected chi connectivity index (χ2v) is 17.2. The Hall–Kier alpha value is -1.98. The van der Waals surface area contributed by atoms with Crippen molar-refractivity contribution >= 4 is 16.1 Å². The molecule has 0 unspecified atom stereocenters. The summed E-state index contributed by atoms with van der Waals surface area (Å²) >= 11 is 0. The summed E-state index contributed by atoms with van der Waals surface area (Å²) in [5.41, 5.74) is -0.124. The number of rotatable bonds is 8. The van der Waals surface area contributed by atoms with E-state index in [0.29, 0.717) is 23.7 Å². The van der Waals surface area contributed by atoms with Gasteiger partial charge in [-0.2, -0.15) is 0 Å². The largest absolute Gasteiger partial charge is 0.457 e. The molecule has 5 fully saturated rings. The second-order valence-electron chi connectivity index (χ2n) is 15.6. The maximum atomic E-state index is 12.8. The SMILES string of the molecule is CC[C@H]1[C@@H](O)[C@@H]2[C@H](CC[C@]3(C)[C@@H]([C@H](C)COC(=O)NS(=O)(=O)c4cnc(OC5(C)CC5)nc4)CC[C@@H]23)[C@@]2(C)CC[C@@H](O)C[C@@H]12. The number of sulfonamides is 1. The molecule has 1 heterocycles. The number of aliphatic hydroxyl groups is 2. The van der Waals surface area contributed by atoms with E-state index >= 15 is 0 Å². The molecule has 0 aliphatic heterocycles. The summed E-state index contributed by atoms with van der Waals surface area (Å²) in [7, 11) is -4.20. The summed E-state index contributed by atoms with van der Waals surface area (Å²) in [6.07, 6.45) is 10.2. The fourth-order valence-corrected chi connectivity index (χ4v) is 11.2. The van der Waals surface area contributed by atoms with Gasteiger partial charge in [-0.15, -0.1) is 0 Å². The van der Waals surface area contributed by atoms with E-state index in [0.717, 1.165) is 76.6 Å². The fourth-order valence-electron chi connectivity index (χ4n) is 10.4. The first kappa shape index (κ1) is 32.0. The average molecular weight is 634 g/mol. The Morgan fingerprint density at radius 1 is 1.00 bits per heavy atom. The first-order valence-electron chi connectivity index (χ1n) is 16.8. The summed E-state index contributed by atoms with van der Waals surface area (Å²) in [6.45, 7) is 11.1. The molecule has 6 rings (SSSR count). The van der Waals surface area contributed by atoms with Gasteiger partial charge >= 0.3 is 12.1 Å². The van der Waals surface area contributed by atoms with Crippen molar-refractivity contribution in [2.75, 3.05) is 6.61 Å². The highest BCUT2D eigenvalue weighted by atomic mass is 32.2. The van der Waals surface area contributed by atoms with Crippen molar-refractivity contribution in [1.29, 1.82) is 0 Å². The third kappa shape index (κ3) is 5.52. The number of hydrogen-bond donors (Lipinski definition) is 3. The molecule has 0 spiro atoms. The van der Waals surface area contributed by atoms with Crippen molar-refractivity contribution in [3.8, 4) is 6.01 Å². The third-order valence-corrected chi connectivity index (χ3v) is 14.3. The molecule has 5 saturated carbocycles. The summed E-state index contributed by atoms with van der Waals surface area (Å²) in [6, 6.07) is 0.107. The number of carbonyl (C=O) groups excluding carboxylic acids is 1. The highest BCUT2D eigenvalue weighted by Gasteiger charge is 2.65.